The molecule has 0 aromatic heterocycles. The second kappa shape index (κ2) is 5.36. The van der Waals surface area contributed by atoms with Crippen molar-refractivity contribution in [3.05, 3.63) is 29.8 Å². The standard InChI is InChI=1S/C17H23NO/c1-2-12-4-7-16(8-5-12)18-17(19)11-15-10-13-3-6-14(15)9-13/h4-5,7-8,13-15H,2-3,6,9-11H2,1H3,(H,18,19)/t13-,14-,15-/m1/s1. The summed E-state index contributed by atoms with van der Waals surface area (Å²) in [4.78, 5) is 12.1. The summed E-state index contributed by atoms with van der Waals surface area (Å²) >= 11 is 0. The molecule has 102 valence electrons. The molecule has 0 heterocycles. The first-order chi connectivity index (χ1) is 9.24. The topological polar surface area (TPSA) is 29.1 Å². The Morgan fingerprint density at radius 3 is 2.58 bits per heavy atom. The van der Waals surface area contributed by atoms with E-state index >= 15 is 0 Å². The van der Waals surface area contributed by atoms with Gasteiger partial charge in [0.15, 0.2) is 0 Å². The molecule has 2 saturated carbocycles. The minimum Gasteiger partial charge on any atom is -0.326 e. The number of nitrogens with one attached hydrogen (secondary N) is 1. The first-order valence-electron chi connectivity index (χ1n) is 7.63. The van der Waals surface area contributed by atoms with Gasteiger partial charge in [0.25, 0.3) is 0 Å². The first kappa shape index (κ1) is 12.7. The summed E-state index contributed by atoms with van der Waals surface area (Å²) < 4.78 is 0. The summed E-state index contributed by atoms with van der Waals surface area (Å²) in [5.41, 5.74) is 2.25. The molecular formula is C17H23NO. The Kier molecular flexibility index (Phi) is 3.58. The Morgan fingerprint density at radius 1 is 1.21 bits per heavy atom. The third kappa shape index (κ3) is 2.83. The largest absolute Gasteiger partial charge is 0.326 e. The average Bonchev–Trinajstić information content (AvgIpc) is 3.02. The highest BCUT2D eigenvalue weighted by atomic mass is 16.1. The maximum Gasteiger partial charge on any atom is 0.224 e. The summed E-state index contributed by atoms with van der Waals surface area (Å²) in [6.45, 7) is 2.14. The normalized spacial score (nSPS) is 28.6. The van der Waals surface area contributed by atoms with Crippen LogP contribution in [-0.4, -0.2) is 5.91 Å². The molecule has 1 aromatic rings. The molecule has 19 heavy (non-hydrogen) atoms. The molecule has 0 spiro atoms. The van der Waals surface area contributed by atoms with Crippen molar-refractivity contribution < 1.29 is 4.79 Å². The fourth-order valence-corrected chi connectivity index (χ4v) is 3.90. The highest BCUT2D eigenvalue weighted by molar-refractivity contribution is 5.90. The second-order valence-electron chi connectivity index (χ2n) is 6.24. The molecule has 0 saturated heterocycles. The Hall–Kier alpha value is -1.31. The molecule has 0 radical (unpaired) electrons. The quantitative estimate of drug-likeness (QED) is 0.867. The van der Waals surface area contributed by atoms with Crippen molar-refractivity contribution in [2.24, 2.45) is 17.8 Å². The van der Waals surface area contributed by atoms with Crippen molar-refractivity contribution in [2.75, 3.05) is 5.32 Å². The minimum atomic E-state index is 0.196. The molecule has 1 amide bonds. The van der Waals surface area contributed by atoms with E-state index in [-0.39, 0.29) is 5.91 Å². The van der Waals surface area contributed by atoms with Gasteiger partial charge in [-0.3, -0.25) is 4.79 Å². The van der Waals surface area contributed by atoms with Crippen LogP contribution in [0.15, 0.2) is 24.3 Å². The molecule has 3 rings (SSSR count). The zero-order valence-corrected chi connectivity index (χ0v) is 11.7. The number of carbonyl (C=O) groups is 1. The van der Waals surface area contributed by atoms with Crippen LogP contribution >= 0.6 is 0 Å². The fraction of sp³-hybridized carbons (Fsp3) is 0.588. The van der Waals surface area contributed by atoms with E-state index in [0.29, 0.717) is 5.92 Å². The van der Waals surface area contributed by atoms with Gasteiger partial charge in [-0.2, -0.15) is 0 Å². The molecule has 0 aliphatic heterocycles. The summed E-state index contributed by atoms with van der Waals surface area (Å²) in [6, 6.07) is 8.20. The lowest BCUT2D eigenvalue weighted by atomic mass is 9.86. The summed E-state index contributed by atoms with van der Waals surface area (Å²) in [7, 11) is 0. The number of fused-ring (bicyclic) bond motifs is 2. The molecule has 2 bridgehead atoms. The van der Waals surface area contributed by atoms with E-state index in [1.54, 1.807) is 0 Å². The molecular weight excluding hydrogens is 234 g/mol. The van der Waals surface area contributed by atoms with Gasteiger partial charge in [-0.1, -0.05) is 25.5 Å². The molecule has 1 aromatic carbocycles. The number of hydrogen-bond acceptors (Lipinski definition) is 1. The van der Waals surface area contributed by atoms with Crippen LogP contribution in [0, 0.1) is 17.8 Å². The summed E-state index contributed by atoms with van der Waals surface area (Å²) in [5, 5.41) is 3.04. The third-order valence-electron chi connectivity index (χ3n) is 4.98. The molecule has 3 atom stereocenters. The van der Waals surface area contributed by atoms with Crippen LogP contribution in [0.2, 0.25) is 0 Å². The Balaban J connectivity index is 1.53. The van der Waals surface area contributed by atoms with Crippen LogP contribution in [0.5, 0.6) is 0 Å². The van der Waals surface area contributed by atoms with Gasteiger partial charge in [-0.15, -0.1) is 0 Å². The van der Waals surface area contributed by atoms with Gasteiger partial charge in [0.2, 0.25) is 5.91 Å². The number of anilines is 1. The van der Waals surface area contributed by atoms with Crippen molar-refractivity contribution >= 4 is 11.6 Å². The Labute approximate surface area is 115 Å². The molecule has 2 aliphatic carbocycles. The van der Waals surface area contributed by atoms with Gasteiger partial charge < -0.3 is 5.32 Å². The van der Waals surface area contributed by atoms with Gasteiger partial charge in [0, 0.05) is 12.1 Å². The monoisotopic (exact) mass is 257 g/mol. The number of carbonyl (C=O) groups excluding carboxylic acids is 1. The van der Waals surface area contributed by atoms with Gasteiger partial charge >= 0.3 is 0 Å². The van der Waals surface area contributed by atoms with E-state index in [9.17, 15) is 4.79 Å². The number of aryl methyl sites for hydroxylation is 1. The zero-order chi connectivity index (χ0) is 13.2. The Bertz CT molecular complexity index is 451. The first-order valence-corrected chi connectivity index (χ1v) is 7.63. The van der Waals surface area contributed by atoms with E-state index < -0.39 is 0 Å². The minimum absolute atomic E-state index is 0.196. The van der Waals surface area contributed by atoms with Gasteiger partial charge in [-0.05, 0) is 61.1 Å². The maximum absolute atomic E-state index is 12.1. The lowest BCUT2D eigenvalue weighted by molar-refractivity contribution is -0.117. The van der Waals surface area contributed by atoms with Crippen molar-refractivity contribution in [1.29, 1.82) is 0 Å². The van der Waals surface area contributed by atoms with Crippen molar-refractivity contribution in [3.8, 4) is 0 Å². The number of rotatable bonds is 4. The SMILES string of the molecule is CCc1ccc(NC(=O)C[C@H]2C[C@@H]3CC[C@@H]2C3)cc1. The van der Waals surface area contributed by atoms with Gasteiger partial charge in [0.05, 0.1) is 0 Å². The number of hydrogen-bond donors (Lipinski definition) is 1. The molecule has 2 nitrogen and oxygen atoms in total. The smallest absolute Gasteiger partial charge is 0.224 e. The highest BCUT2D eigenvalue weighted by Gasteiger charge is 2.40. The average molecular weight is 257 g/mol. The molecule has 1 N–H and O–H groups in total. The predicted octanol–water partition coefficient (Wildman–Crippen LogP) is 4.01. The lowest BCUT2D eigenvalue weighted by Crippen LogP contribution is -2.20. The summed E-state index contributed by atoms with van der Waals surface area (Å²) in [5.74, 6) is 2.60. The maximum atomic E-state index is 12.1. The van der Waals surface area contributed by atoms with E-state index in [1.165, 1.54) is 31.2 Å². The molecule has 2 aliphatic rings. The molecule has 2 heteroatoms. The van der Waals surface area contributed by atoms with Crippen LogP contribution in [0.3, 0.4) is 0 Å². The fourth-order valence-electron chi connectivity index (χ4n) is 3.90. The van der Waals surface area contributed by atoms with Gasteiger partial charge in [-0.25, -0.2) is 0 Å². The zero-order valence-electron chi connectivity index (χ0n) is 11.7. The highest BCUT2D eigenvalue weighted by Crippen LogP contribution is 2.49. The number of amides is 1. The molecule has 2 fully saturated rings. The van der Waals surface area contributed by atoms with Crippen molar-refractivity contribution in [1.82, 2.24) is 0 Å². The van der Waals surface area contributed by atoms with Crippen molar-refractivity contribution in [3.63, 3.8) is 0 Å². The van der Waals surface area contributed by atoms with Crippen LogP contribution in [0.4, 0.5) is 5.69 Å². The van der Waals surface area contributed by atoms with Crippen LogP contribution in [0.1, 0.15) is 44.6 Å². The van der Waals surface area contributed by atoms with E-state index in [2.05, 4.69) is 24.4 Å². The van der Waals surface area contributed by atoms with E-state index in [0.717, 1.165) is 30.4 Å². The van der Waals surface area contributed by atoms with Gasteiger partial charge in [0.1, 0.15) is 0 Å². The van der Waals surface area contributed by atoms with E-state index in [4.69, 9.17) is 0 Å². The summed E-state index contributed by atoms with van der Waals surface area (Å²) in [6.07, 6.45) is 7.18. The van der Waals surface area contributed by atoms with E-state index in [1.807, 2.05) is 12.1 Å². The van der Waals surface area contributed by atoms with Crippen LogP contribution < -0.4 is 5.32 Å². The number of benzene rings is 1. The van der Waals surface area contributed by atoms with Crippen molar-refractivity contribution in [2.45, 2.75) is 45.4 Å². The van der Waals surface area contributed by atoms with Crippen LogP contribution in [0.25, 0.3) is 0 Å². The lowest BCUT2D eigenvalue weighted by Gasteiger charge is -2.20. The predicted molar refractivity (Wildman–Crippen MR) is 78.0 cm³/mol. The molecule has 0 unspecified atom stereocenters. The van der Waals surface area contributed by atoms with Crippen LogP contribution in [-0.2, 0) is 11.2 Å². The Morgan fingerprint density at radius 2 is 2.00 bits per heavy atom. The third-order valence-corrected chi connectivity index (χ3v) is 4.98. The second-order valence-corrected chi connectivity index (χ2v) is 6.24.